The van der Waals surface area contributed by atoms with Gasteiger partial charge in [-0.15, -0.1) is 0 Å². The van der Waals surface area contributed by atoms with Gasteiger partial charge in [0, 0.05) is 38.4 Å². The molecule has 0 spiro atoms. The Kier molecular flexibility index (Phi) is 8.12. The van der Waals surface area contributed by atoms with E-state index in [9.17, 15) is 0 Å². The second-order valence-corrected chi connectivity index (χ2v) is 3.82. The molecule has 0 saturated heterocycles. The Morgan fingerprint density at radius 2 is 2.11 bits per heavy atom. The summed E-state index contributed by atoms with van der Waals surface area (Å²) < 4.78 is 15.9. The summed E-state index contributed by atoms with van der Waals surface area (Å²) in [5.74, 6) is 0.837. The predicted molar refractivity (Wildman–Crippen MR) is 69.8 cm³/mol. The minimum Gasteiger partial charge on any atom is -0.492 e. The topological polar surface area (TPSA) is 52.6 Å². The van der Waals surface area contributed by atoms with Crippen molar-refractivity contribution in [2.75, 3.05) is 40.6 Å². The van der Waals surface area contributed by atoms with Crippen LogP contribution in [-0.4, -0.2) is 45.6 Å². The lowest BCUT2D eigenvalue weighted by molar-refractivity contribution is 0.0643. The summed E-state index contributed by atoms with van der Waals surface area (Å²) in [6.07, 6.45) is 4.38. The monoisotopic (exact) mass is 254 g/mol. The molecular formula is C13H22N2O3. The highest BCUT2D eigenvalue weighted by Gasteiger charge is 2.02. The molecule has 1 heterocycles. The van der Waals surface area contributed by atoms with Gasteiger partial charge in [0.25, 0.3) is 0 Å². The van der Waals surface area contributed by atoms with E-state index in [0.29, 0.717) is 26.4 Å². The Hall–Kier alpha value is -1.17. The maximum Gasteiger partial charge on any atom is 0.142 e. The Balaban J connectivity index is 2.18. The van der Waals surface area contributed by atoms with Gasteiger partial charge in [-0.2, -0.15) is 0 Å². The van der Waals surface area contributed by atoms with Crippen molar-refractivity contribution in [2.24, 2.45) is 0 Å². The lowest BCUT2D eigenvalue weighted by Crippen LogP contribution is -2.10. The van der Waals surface area contributed by atoms with Gasteiger partial charge in [0.2, 0.25) is 0 Å². The minimum absolute atomic E-state index is 0.633. The van der Waals surface area contributed by atoms with Crippen molar-refractivity contribution >= 4 is 0 Å². The molecular weight excluding hydrogens is 232 g/mol. The van der Waals surface area contributed by atoms with E-state index in [1.807, 2.05) is 13.1 Å². The van der Waals surface area contributed by atoms with E-state index in [2.05, 4.69) is 10.3 Å². The van der Waals surface area contributed by atoms with E-state index >= 15 is 0 Å². The van der Waals surface area contributed by atoms with Gasteiger partial charge in [0.05, 0.1) is 26.0 Å². The van der Waals surface area contributed by atoms with Gasteiger partial charge in [-0.05, 0) is 13.1 Å². The molecule has 1 aromatic heterocycles. The first-order chi connectivity index (χ1) is 8.88. The second-order valence-electron chi connectivity index (χ2n) is 3.82. The molecule has 0 radical (unpaired) electrons. The number of aromatic nitrogens is 1. The standard InChI is InChI=1S/C13H22N2O3/c1-14-10-12-4-5-15-11-13(12)18-7-3-6-17-9-8-16-2/h4-5,11,14H,3,6-10H2,1-2H3. The Morgan fingerprint density at radius 3 is 2.89 bits per heavy atom. The van der Waals surface area contributed by atoms with Gasteiger partial charge in [-0.25, -0.2) is 0 Å². The fourth-order valence-corrected chi connectivity index (χ4v) is 1.46. The van der Waals surface area contributed by atoms with E-state index in [1.54, 1.807) is 19.5 Å². The zero-order chi connectivity index (χ0) is 13.1. The van der Waals surface area contributed by atoms with E-state index in [-0.39, 0.29) is 0 Å². The van der Waals surface area contributed by atoms with Gasteiger partial charge >= 0.3 is 0 Å². The number of ether oxygens (including phenoxy) is 3. The predicted octanol–water partition coefficient (Wildman–Crippen LogP) is 1.23. The van der Waals surface area contributed by atoms with Crippen molar-refractivity contribution in [1.29, 1.82) is 0 Å². The molecule has 0 amide bonds. The van der Waals surface area contributed by atoms with Crippen molar-refractivity contribution in [1.82, 2.24) is 10.3 Å². The summed E-state index contributed by atoms with van der Waals surface area (Å²) in [6.45, 7) is 3.37. The van der Waals surface area contributed by atoms with Crippen molar-refractivity contribution in [2.45, 2.75) is 13.0 Å². The van der Waals surface area contributed by atoms with Gasteiger partial charge in [-0.1, -0.05) is 0 Å². The fourth-order valence-electron chi connectivity index (χ4n) is 1.46. The van der Waals surface area contributed by atoms with Crippen molar-refractivity contribution in [3.05, 3.63) is 24.0 Å². The van der Waals surface area contributed by atoms with Crippen LogP contribution in [0.2, 0.25) is 0 Å². The van der Waals surface area contributed by atoms with Crippen LogP contribution in [-0.2, 0) is 16.0 Å². The maximum atomic E-state index is 5.68. The number of methoxy groups -OCH3 is 1. The zero-order valence-corrected chi connectivity index (χ0v) is 11.1. The third-order valence-corrected chi connectivity index (χ3v) is 2.36. The Labute approximate surface area is 108 Å². The maximum absolute atomic E-state index is 5.68. The highest BCUT2D eigenvalue weighted by atomic mass is 16.5. The Bertz CT molecular complexity index is 321. The van der Waals surface area contributed by atoms with Crippen LogP contribution in [0.1, 0.15) is 12.0 Å². The molecule has 0 aliphatic carbocycles. The molecule has 1 N–H and O–H groups in total. The quantitative estimate of drug-likeness (QED) is 0.637. The molecule has 0 atom stereocenters. The van der Waals surface area contributed by atoms with E-state index in [0.717, 1.165) is 24.3 Å². The number of nitrogens with one attached hydrogen (secondary N) is 1. The number of rotatable bonds is 10. The molecule has 0 unspecified atom stereocenters. The van der Waals surface area contributed by atoms with Crippen molar-refractivity contribution < 1.29 is 14.2 Å². The summed E-state index contributed by atoms with van der Waals surface area (Å²) in [6, 6.07) is 1.96. The molecule has 5 heteroatoms. The van der Waals surface area contributed by atoms with Crippen LogP contribution in [0.3, 0.4) is 0 Å². The summed E-state index contributed by atoms with van der Waals surface area (Å²) in [4.78, 5) is 4.07. The fraction of sp³-hybridized carbons (Fsp3) is 0.615. The molecule has 1 rings (SSSR count). The Morgan fingerprint density at radius 1 is 1.22 bits per heavy atom. The molecule has 18 heavy (non-hydrogen) atoms. The smallest absolute Gasteiger partial charge is 0.142 e. The number of nitrogens with zero attached hydrogens (tertiary/aromatic N) is 1. The van der Waals surface area contributed by atoms with Gasteiger partial charge in [0.15, 0.2) is 0 Å². The molecule has 0 aliphatic heterocycles. The highest BCUT2D eigenvalue weighted by molar-refractivity contribution is 5.29. The normalized spacial score (nSPS) is 10.6. The molecule has 0 fully saturated rings. The third-order valence-electron chi connectivity index (χ3n) is 2.36. The van der Waals surface area contributed by atoms with Crippen LogP contribution < -0.4 is 10.1 Å². The molecule has 1 aromatic rings. The summed E-state index contributed by atoms with van der Waals surface area (Å²) in [5, 5.41) is 3.10. The SMILES string of the molecule is CNCc1ccncc1OCCCOCCOC. The number of pyridine rings is 1. The zero-order valence-electron chi connectivity index (χ0n) is 11.1. The number of hydrogen-bond donors (Lipinski definition) is 1. The molecule has 0 bridgehead atoms. The van der Waals surface area contributed by atoms with E-state index in [1.165, 1.54) is 0 Å². The molecule has 5 nitrogen and oxygen atoms in total. The summed E-state index contributed by atoms with van der Waals surface area (Å²) in [5.41, 5.74) is 1.12. The first kappa shape index (κ1) is 14.9. The van der Waals surface area contributed by atoms with Crippen LogP contribution in [0.15, 0.2) is 18.5 Å². The average Bonchev–Trinajstić information content (AvgIpc) is 2.40. The van der Waals surface area contributed by atoms with Crippen LogP contribution in [0.25, 0.3) is 0 Å². The van der Waals surface area contributed by atoms with E-state index in [4.69, 9.17) is 14.2 Å². The largest absolute Gasteiger partial charge is 0.492 e. The second kappa shape index (κ2) is 9.82. The first-order valence-corrected chi connectivity index (χ1v) is 6.15. The number of hydrogen-bond acceptors (Lipinski definition) is 5. The molecule has 0 saturated carbocycles. The lowest BCUT2D eigenvalue weighted by Gasteiger charge is -2.10. The minimum atomic E-state index is 0.633. The van der Waals surface area contributed by atoms with E-state index < -0.39 is 0 Å². The van der Waals surface area contributed by atoms with Crippen LogP contribution in [0.4, 0.5) is 0 Å². The molecule has 0 aromatic carbocycles. The summed E-state index contributed by atoms with van der Waals surface area (Å²) in [7, 11) is 3.58. The highest BCUT2D eigenvalue weighted by Crippen LogP contribution is 2.16. The third kappa shape index (κ3) is 5.95. The van der Waals surface area contributed by atoms with Crippen molar-refractivity contribution in [3.8, 4) is 5.75 Å². The van der Waals surface area contributed by atoms with Gasteiger partial charge in [0.1, 0.15) is 5.75 Å². The van der Waals surface area contributed by atoms with Gasteiger partial charge in [-0.3, -0.25) is 4.98 Å². The van der Waals surface area contributed by atoms with Crippen molar-refractivity contribution in [3.63, 3.8) is 0 Å². The van der Waals surface area contributed by atoms with Crippen LogP contribution in [0, 0.1) is 0 Å². The van der Waals surface area contributed by atoms with Crippen LogP contribution >= 0.6 is 0 Å². The summed E-state index contributed by atoms with van der Waals surface area (Å²) >= 11 is 0. The van der Waals surface area contributed by atoms with Gasteiger partial charge < -0.3 is 19.5 Å². The average molecular weight is 254 g/mol. The molecule has 102 valence electrons. The first-order valence-electron chi connectivity index (χ1n) is 6.15. The lowest BCUT2D eigenvalue weighted by atomic mass is 10.2. The molecule has 0 aliphatic rings. The van der Waals surface area contributed by atoms with Crippen LogP contribution in [0.5, 0.6) is 5.75 Å².